The summed E-state index contributed by atoms with van der Waals surface area (Å²) in [6.45, 7) is 2.11. The van der Waals surface area contributed by atoms with Crippen molar-refractivity contribution in [3.05, 3.63) is 111 Å². The van der Waals surface area contributed by atoms with Crippen molar-refractivity contribution >= 4 is 28.9 Å². The molecule has 4 aromatic rings. The summed E-state index contributed by atoms with van der Waals surface area (Å²) in [4.78, 5) is 22.7. The van der Waals surface area contributed by atoms with Gasteiger partial charge < -0.3 is 4.74 Å². The molecule has 9 nitrogen and oxygen atoms in total. The number of nitrogens with one attached hydrogen (secondary N) is 2. The summed E-state index contributed by atoms with van der Waals surface area (Å²) in [6.07, 6.45) is 0. The van der Waals surface area contributed by atoms with Crippen LogP contribution in [0.25, 0.3) is 11.3 Å². The van der Waals surface area contributed by atoms with Crippen LogP contribution in [0.4, 0.5) is 5.69 Å². The van der Waals surface area contributed by atoms with Crippen molar-refractivity contribution in [1.29, 1.82) is 0 Å². The maximum absolute atomic E-state index is 12.5. The second-order valence-electron chi connectivity index (χ2n) is 7.55. The minimum atomic E-state index is -0.476. The third-order valence-electron chi connectivity index (χ3n) is 5.11. The van der Waals surface area contributed by atoms with E-state index in [4.69, 9.17) is 16.3 Å². The topological polar surface area (TPSA) is 123 Å². The van der Waals surface area contributed by atoms with Crippen LogP contribution < -0.4 is 10.2 Å². The maximum atomic E-state index is 12.5. The van der Waals surface area contributed by atoms with E-state index in [1.165, 1.54) is 12.1 Å². The molecule has 0 saturated heterocycles. The zero-order valence-electron chi connectivity index (χ0n) is 18.6. The molecule has 10 heteroatoms. The molecule has 3 aromatic carbocycles. The number of rotatable bonds is 8. The molecule has 0 aliphatic heterocycles. The quantitative estimate of drug-likeness (QED) is 0.195. The number of amides is 1. The Kier molecular flexibility index (Phi) is 7.18. The van der Waals surface area contributed by atoms with E-state index < -0.39 is 10.8 Å². The number of ether oxygens (including phenoxy) is 1. The van der Waals surface area contributed by atoms with Crippen LogP contribution in [0.1, 0.15) is 28.5 Å². The minimum absolute atomic E-state index is 0.0169. The summed E-state index contributed by atoms with van der Waals surface area (Å²) in [7, 11) is 0. The van der Waals surface area contributed by atoms with Crippen molar-refractivity contribution < 1.29 is 14.5 Å². The van der Waals surface area contributed by atoms with Crippen molar-refractivity contribution in [2.24, 2.45) is 5.10 Å². The lowest BCUT2D eigenvalue weighted by molar-refractivity contribution is -0.384. The molecule has 0 radical (unpaired) electrons. The number of halogens is 1. The van der Waals surface area contributed by atoms with Crippen LogP contribution in [0.2, 0.25) is 5.02 Å². The predicted octanol–water partition coefficient (Wildman–Crippen LogP) is 5.37. The van der Waals surface area contributed by atoms with Crippen LogP contribution in [0.15, 0.2) is 84.0 Å². The summed E-state index contributed by atoms with van der Waals surface area (Å²) in [5, 5.41) is 22.4. The molecule has 4 rings (SSSR count). The second kappa shape index (κ2) is 10.6. The third-order valence-corrected chi connectivity index (χ3v) is 5.36. The molecule has 0 aliphatic carbocycles. The first-order valence-corrected chi connectivity index (χ1v) is 10.9. The van der Waals surface area contributed by atoms with E-state index in [-0.39, 0.29) is 11.4 Å². The largest absolute Gasteiger partial charge is 0.489 e. The first kappa shape index (κ1) is 23.7. The Balaban J connectivity index is 1.35. The lowest BCUT2D eigenvalue weighted by atomic mass is 10.1. The van der Waals surface area contributed by atoms with Crippen LogP contribution in [-0.4, -0.2) is 26.7 Å². The van der Waals surface area contributed by atoms with Gasteiger partial charge in [0.2, 0.25) is 0 Å². The molecule has 0 saturated carbocycles. The van der Waals surface area contributed by atoms with Gasteiger partial charge in [-0.3, -0.25) is 20.0 Å². The number of hydrogen-bond acceptors (Lipinski definition) is 6. The molecule has 35 heavy (non-hydrogen) atoms. The number of hydrogen-bond donors (Lipinski definition) is 2. The van der Waals surface area contributed by atoms with Crippen LogP contribution in [0.5, 0.6) is 5.75 Å². The SMILES string of the molecule is C/C(=N\NC(=O)c1cc(-c2ccc(OCc3ccc(Cl)cc3)cc2)n[nH]1)c1ccc([N+](=O)[O-])cc1. The van der Waals surface area contributed by atoms with E-state index in [0.29, 0.717) is 34.3 Å². The molecule has 176 valence electrons. The van der Waals surface area contributed by atoms with Gasteiger partial charge in [-0.25, -0.2) is 5.43 Å². The minimum Gasteiger partial charge on any atom is -0.489 e. The molecule has 2 N–H and O–H groups in total. The van der Waals surface area contributed by atoms with E-state index in [2.05, 4.69) is 20.7 Å². The van der Waals surface area contributed by atoms with Gasteiger partial charge in [-0.05, 0) is 72.6 Å². The number of non-ortho nitro benzene ring substituents is 1. The third kappa shape index (κ3) is 6.10. The highest BCUT2D eigenvalue weighted by Gasteiger charge is 2.12. The molecule has 0 bridgehead atoms. The number of benzene rings is 3. The van der Waals surface area contributed by atoms with Gasteiger partial charge in [-0.1, -0.05) is 23.7 Å². The lowest BCUT2D eigenvalue weighted by Gasteiger charge is -2.07. The van der Waals surface area contributed by atoms with E-state index in [1.54, 1.807) is 25.1 Å². The number of aromatic amines is 1. The molecule has 0 atom stereocenters. The van der Waals surface area contributed by atoms with Crippen molar-refractivity contribution in [1.82, 2.24) is 15.6 Å². The van der Waals surface area contributed by atoms with E-state index in [9.17, 15) is 14.9 Å². The van der Waals surface area contributed by atoms with Gasteiger partial charge in [0.25, 0.3) is 11.6 Å². The summed E-state index contributed by atoms with van der Waals surface area (Å²) >= 11 is 5.90. The smallest absolute Gasteiger partial charge is 0.289 e. The average molecular weight is 490 g/mol. The van der Waals surface area contributed by atoms with Gasteiger partial charge >= 0.3 is 0 Å². The molecular formula is C25H20ClN5O4. The number of nitrogens with zero attached hydrogens (tertiary/aromatic N) is 3. The normalized spacial score (nSPS) is 11.2. The van der Waals surface area contributed by atoms with Crippen LogP contribution in [0, 0.1) is 10.1 Å². The number of carbonyl (C=O) groups is 1. The van der Waals surface area contributed by atoms with Crippen molar-refractivity contribution in [3.8, 4) is 17.0 Å². The number of hydrazone groups is 1. The first-order chi connectivity index (χ1) is 16.9. The van der Waals surface area contributed by atoms with Crippen molar-refractivity contribution in [3.63, 3.8) is 0 Å². The summed E-state index contributed by atoms with van der Waals surface area (Å²) in [5.74, 6) is 0.237. The highest BCUT2D eigenvalue weighted by atomic mass is 35.5. The molecule has 1 heterocycles. The zero-order valence-corrected chi connectivity index (χ0v) is 19.3. The van der Waals surface area contributed by atoms with Crippen LogP contribution in [-0.2, 0) is 6.61 Å². The number of H-pyrrole nitrogens is 1. The molecule has 0 fully saturated rings. The Morgan fingerprint density at radius 2 is 1.77 bits per heavy atom. The van der Waals surface area contributed by atoms with E-state index in [1.807, 2.05) is 48.5 Å². The summed E-state index contributed by atoms with van der Waals surface area (Å²) in [5.41, 5.74) is 6.25. The van der Waals surface area contributed by atoms with Gasteiger partial charge in [0.05, 0.1) is 16.3 Å². The summed E-state index contributed by atoms with van der Waals surface area (Å²) in [6, 6.07) is 22.3. The number of aromatic nitrogens is 2. The molecule has 0 unspecified atom stereocenters. The summed E-state index contributed by atoms with van der Waals surface area (Å²) < 4.78 is 5.79. The fourth-order valence-electron chi connectivity index (χ4n) is 3.14. The number of nitro benzene ring substituents is 1. The maximum Gasteiger partial charge on any atom is 0.289 e. The Morgan fingerprint density at radius 3 is 2.43 bits per heavy atom. The van der Waals surface area contributed by atoms with Gasteiger partial charge in [0.15, 0.2) is 0 Å². The van der Waals surface area contributed by atoms with Crippen molar-refractivity contribution in [2.75, 3.05) is 0 Å². The number of nitro groups is 1. The fourth-order valence-corrected chi connectivity index (χ4v) is 3.26. The van der Waals surface area contributed by atoms with E-state index >= 15 is 0 Å². The van der Waals surface area contributed by atoms with Gasteiger partial charge in [-0.15, -0.1) is 0 Å². The Bertz CT molecular complexity index is 1360. The molecule has 0 aliphatic rings. The van der Waals surface area contributed by atoms with Gasteiger partial charge in [-0.2, -0.15) is 10.2 Å². The van der Waals surface area contributed by atoms with E-state index in [0.717, 1.165) is 11.1 Å². The average Bonchev–Trinajstić information content (AvgIpc) is 3.37. The molecule has 1 aromatic heterocycles. The van der Waals surface area contributed by atoms with Crippen molar-refractivity contribution in [2.45, 2.75) is 13.5 Å². The highest BCUT2D eigenvalue weighted by Crippen LogP contribution is 2.22. The van der Waals surface area contributed by atoms with Crippen LogP contribution in [0.3, 0.4) is 0 Å². The lowest BCUT2D eigenvalue weighted by Crippen LogP contribution is -2.19. The Labute approximate surface area is 205 Å². The molecule has 1 amide bonds. The second-order valence-corrected chi connectivity index (χ2v) is 7.98. The monoisotopic (exact) mass is 489 g/mol. The molecule has 0 spiro atoms. The zero-order chi connectivity index (χ0) is 24.8. The Morgan fingerprint density at radius 1 is 1.09 bits per heavy atom. The van der Waals surface area contributed by atoms with Crippen LogP contribution >= 0.6 is 11.6 Å². The van der Waals surface area contributed by atoms with Gasteiger partial charge in [0.1, 0.15) is 18.1 Å². The standard InChI is InChI=1S/C25H20ClN5O4/c1-16(18-4-10-21(11-5-18)31(33)34)27-30-25(32)24-14-23(28-29-24)19-6-12-22(13-7-19)35-15-17-2-8-20(26)9-3-17/h2-14H,15H2,1H3,(H,28,29)(H,30,32)/b27-16+. The van der Waals surface area contributed by atoms with Gasteiger partial charge in [0, 0.05) is 22.7 Å². The first-order valence-electron chi connectivity index (χ1n) is 10.5. The molecular weight excluding hydrogens is 470 g/mol. The fraction of sp³-hybridized carbons (Fsp3) is 0.0800. The Hall–Kier alpha value is -4.50. The highest BCUT2D eigenvalue weighted by molar-refractivity contribution is 6.30. The number of carbonyl (C=O) groups excluding carboxylic acids is 1. The predicted molar refractivity (Wildman–Crippen MR) is 133 cm³/mol.